The van der Waals surface area contributed by atoms with Crippen molar-refractivity contribution in [2.24, 2.45) is 0 Å². The van der Waals surface area contributed by atoms with Gasteiger partial charge in [0.25, 0.3) is 0 Å². The van der Waals surface area contributed by atoms with Gasteiger partial charge in [0, 0.05) is 19.5 Å². The number of hydrogen-bond acceptors (Lipinski definition) is 5. The molecule has 148 valence electrons. The van der Waals surface area contributed by atoms with Crippen molar-refractivity contribution in [3.05, 3.63) is 59.7 Å². The summed E-state index contributed by atoms with van der Waals surface area (Å²) in [6.45, 7) is 2.10. The van der Waals surface area contributed by atoms with Crippen LogP contribution >= 0.6 is 0 Å². The van der Waals surface area contributed by atoms with Gasteiger partial charge in [-0.05, 0) is 61.4 Å². The van der Waals surface area contributed by atoms with Crippen LogP contribution in [0.25, 0.3) is 6.08 Å². The number of phenols is 1. The number of allylic oxidation sites excluding steroid dienone is 1. The molecule has 0 saturated carbocycles. The summed E-state index contributed by atoms with van der Waals surface area (Å²) in [5.74, 6) is 1.27. The van der Waals surface area contributed by atoms with Crippen molar-refractivity contribution in [3.63, 3.8) is 0 Å². The van der Waals surface area contributed by atoms with Crippen molar-refractivity contribution >= 4 is 11.9 Å². The zero-order valence-electron chi connectivity index (χ0n) is 16.4. The van der Waals surface area contributed by atoms with Crippen LogP contribution in [0.2, 0.25) is 0 Å². The van der Waals surface area contributed by atoms with E-state index in [9.17, 15) is 9.90 Å². The molecular formula is C23H27NO4. The molecule has 28 heavy (non-hydrogen) atoms. The van der Waals surface area contributed by atoms with E-state index in [0.717, 1.165) is 42.8 Å². The Morgan fingerprint density at radius 3 is 2.71 bits per heavy atom. The standard InChI is InChI=1S/C23H27NO4/c1-24-12-10-20(11-13-24)28-21-5-3-4-18(15-21)14-19(25)8-6-17-7-9-23(27-2)22(26)16-17/h3-9,15-16,20,26H,10-14H2,1-2H3/b8-6+. The van der Waals surface area contributed by atoms with Gasteiger partial charge in [-0.3, -0.25) is 4.79 Å². The van der Waals surface area contributed by atoms with E-state index in [1.165, 1.54) is 13.2 Å². The smallest absolute Gasteiger partial charge is 0.160 e. The van der Waals surface area contributed by atoms with Gasteiger partial charge in [0.1, 0.15) is 11.9 Å². The second-order valence-corrected chi connectivity index (χ2v) is 7.18. The lowest BCUT2D eigenvalue weighted by molar-refractivity contribution is -0.113. The van der Waals surface area contributed by atoms with Gasteiger partial charge < -0.3 is 19.5 Å². The fourth-order valence-electron chi connectivity index (χ4n) is 3.28. The molecule has 0 unspecified atom stereocenters. The Morgan fingerprint density at radius 1 is 1.21 bits per heavy atom. The van der Waals surface area contributed by atoms with Crippen LogP contribution in [0.1, 0.15) is 24.0 Å². The summed E-state index contributed by atoms with van der Waals surface area (Å²) >= 11 is 0. The molecule has 0 aliphatic carbocycles. The van der Waals surface area contributed by atoms with Crippen molar-refractivity contribution in [2.45, 2.75) is 25.4 Å². The van der Waals surface area contributed by atoms with Gasteiger partial charge in [0.2, 0.25) is 0 Å². The number of piperidine rings is 1. The molecule has 0 radical (unpaired) electrons. The Morgan fingerprint density at radius 2 is 2.00 bits per heavy atom. The highest BCUT2D eigenvalue weighted by Gasteiger charge is 2.18. The van der Waals surface area contributed by atoms with Gasteiger partial charge in [-0.2, -0.15) is 0 Å². The average molecular weight is 381 g/mol. The third kappa shape index (κ3) is 5.60. The molecule has 0 aromatic heterocycles. The third-order valence-electron chi connectivity index (χ3n) is 4.91. The summed E-state index contributed by atoms with van der Waals surface area (Å²) in [5.41, 5.74) is 1.67. The fourth-order valence-corrected chi connectivity index (χ4v) is 3.28. The summed E-state index contributed by atoms with van der Waals surface area (Å²) in [4.78, 5) is 14.6. The lowest BCUT2D eigenvalue weighted by Crippen LogP contribution is -2.35. The zero-order valence-corrected chi connectivity index (χ0v) is 16.4. The molecular weight excluding hydrogens is 354 g/mol. The summed E-state index contributed by atoms with van der Waals surface area (Å²) < 4.78 is 11.1. The Labute approximate surface area is 166 Å². The topological polar surface area (TPSA) is 59.0 Å². The number of benzene rings is 2. The lowest BCUT2D eigenvalue weighted by Gasteiger charge is -2.29. The van der Waals surface area contributed by atoms with Crippen LogP contribution < -0.4 is 9.47 Å². The molecule has 5 nitrogen and oxygen atoms in total. The van der Waals surface area contributed by atoms with E-state index in [1.54, 1.807) is 24.3 Å². The summed E-state index contributed by atoms with van der Waals surface area (Å²) in [7, 11) is 3.63. The van der Waals surface area contributed by atoms with Crippen LogP contribution in [-0.2, 0) is 11.2 Å². The lowest BCUT2D eigenvalue weighted by atomic mass is 10.1. The van der Waals surface area contributed by atoms with Gasteiger partial charge in [0.05, 0.1) is 7.11 Å². The van der Waals surface area contributed by atoms with Crippen molar-refractivity contribution in [3.8, 4) is 17.2 Å². The van der Waals surface area contributed by atoms with Crippen molar-refractivity contribution < 1.29 is 19.4 Å². The molecule has 1 fully saturated rings. The quantitative estimate of drug-likeness (QED) is 0.741. The number of methoxy groups -OCH3 is 1. The fraction of sp³-hybridized carbons (Fsp3) is 0.348. The van der Waals surface area contributed by atoms with Crippen LogP contribution in [0.3, 0.4) is 0 Å². The molecule has 2 aromatic rings. The number of carbonyl (C=O) groups excluding carboxylic acids is 1. The Bertz CT molecular complexity index is 838. The van der Waals surface area contributed by atoms with Crippen LogP contribution in [0.5, 0.6) is 17.2 Å². The van der Waals surface area contributed by atoms with E-state index in [4.69, 9.17) is 9.47 Å². The number of carbonyl (C=O) groups is 1. The van der Waals surface area contributed by atoms with E-state index in [1.807, 2.05) is 24.3 Å². The summed E-state index contributed by atoms with van der Waals surface area (Å²) in [6, 6.07) is 12.8. The second-order valence-electron chi connectivity index (χ2n) is 7.18. The van der Waals surface area contributed by atoms with Crippen molar-refractivity contribution in [2.75, 3.05) is 27.2 Å². The number of hydrogen-bond donors (Lipinski definition) is 1. The van der Waals surface area contributed by atoms with E-state index in [2.05, 4.69) is 11.9 Å². The summed E-state index contributed by atoms with van der Waals surface area (Å²) in [6.07, 6.45) is 5.83. The molecule has 0 amide bonds. The van der Waals surface area contributed by atoms with Crippen molar-refractivity contribution in [1.29, 1.82) is 0 Å². The first-order chi connectivity index (χ1) is 13.5. The number of rotatable bonds is 7. The van der Waals surface area contributed by atoms with Gasteiger partial charge in [-0.1, -0.05) is 24.3 Å². The molecule has 2 aromatic carbocycles. The Kier molecular flexibility index (Phi) is 6.71. The highest BCUT2D eigenvalue weighted by molar-refractivity contribution is 5.95. The molecule has 1 aliphatic heterocycles. The predicted molar refractivity (Wildman–Crippen MR) is 110 cm³/mol. The highest BCUT2D eigenvalue weighted by atomic mass is 16.5. The van der Waals surface area contributed by atoms with Gasteiger partial charge in [-0.25, -0.2) is 0 Å². The predicted octanol–water partition coefficient (Wildman–Crippen LogP) is 3.70. The maximum atomic E-state index is 12.3. The first-order valence-electron chi connectivity index (χ1n) is 9.55. The molecule has 0 bridgehead atoms. The number of nitrogens with zero attached hydrogens (tertiary/aromatic N) is 1. The summed E-state index contributed by atoms with van der Waals surface area (Å²) in [5, 5.41) is 9.81. The average Bonchev–Trinajstić information content (AvgIpc) is 2.68. The first kappa shape index (κ1) is 20.0. The third-order valence-corrected chi connectivity index (χ3v) is 4.91. The highest BCUT2D eigenvalue weighted by Crippen LogP contribution is 2.26. The minimum atomic E-state index is -0.00764. The first-order valence-corrected chi connectivity index (χ1v) is 9.55. The number of ether oxygens (including phenoxy) is 2. The van der Waals surface area contributed by atoms with Crippen LogP contribution in [0.4, 0.5) is 0 Å². The SMILES string of the molecule is COc1ccc(/C=C/C(=O)Cc2cccc(OC3CCN(C)CC3)c2)cc1O. The molecule has 1 N–H and O–H groups in total. The largest absolute Gasteiger partial charge is 0.504 e. The minimum Gasteiger partial charge on any atom is -0.504 e. The van der Waals surface area contributed by atoms with E-state index >= 15 is 0 Å². The van der Waals surface area contributed by atoms with Gasteiger partial charge in [-0.15, -0.1) is 0 Å². The Balaban J connectivity index is 1.57. The maximum Gasteiger partial charge on any atom is 0.160 e. The van der Waals surface area contributed by atoms with Crippen LogP contribution in [0.15, 0.2) is 48.5 Å². The monoisotopic (exact) mass is 381 g/mol. The minimum absolute atomic E-state index is 0.00764. The number of likely N-dealkylation sites (tertiary alicyclic amines) is 1. The molecule has 1 aliphatic rings. The van der Waals surface area contributed by atoms with Gasteiger partial charge >= 0.3 is 0 Å². The molecule has 5 heteroatoms. The molecule has 3 rings (SSSR count). The van der Waals surface area contributed by atoms with Crippen LogP contribution in [0, 0.1) is 0 Å². The second kappa shape index (κ2) is 9.42. The molecule has 1 saturated heterocycles. The number of aromatic hydroxyl groups is 1. The molecule has 1 heterocycles. The maximum absolute atomic E-state index is 12.3. The van der Waals surface area contributed by atoms with E-state index in [-0.39, 0.29) is 17.6 Å². The van der Waals surface area contributed by atoms with E-state index in [0.29, 0.717) is 12.2 Å². The van der Waals surface area contributed by atoms with Crippen LogP contribution in [-0.4, -0.2) is 49.1 Å². The normalized spacial score (nSPS) is 15.6. The van der Waals surface area contributed by atoms with Gasteiger partial charge in [0.15, 0.2) is 17.3 Å². The molecule has 0 spiro atoms. The zero-order chi connectivity index (χ0) is 19.9. The van der Waals surface area contributed by atoms with Crippen molar-refractivity contribution in [1.82, 2.24) is 4.90 Å². The Hall–Kier alpha value is -2.79. The number of phenolic OH excluding ortho intramolecular Hbond substituents is 1. The number of ketones is 1. The molecule has 0 atom stereocenters. The van der Waals surface area contributed by atoms with E-state index < -0.39 is 0 Å².